The summed E-state index contributed by atoms with van der Waals surface area (Å²) in [6.07, 6.45) is 0.955. The Hall–Kier alpha value is -1.42. The molecule has 0 amide bonds. The van der Waals surface area contributed by atoms with Gasteiger partial charge in [0.25, 0.3) is 0 Å². The lowest BCUT2D eigenvalue weighted by Crippen LogP contribution is -2.01. The minimum atomic E-state index is -0.518. The number of aliphatic hydroxyl groups excluding tert-OH is 1. The van der Waals surface area contributed by atoms with Gasteiger partial charge in [0.1, 0.15) is 6.33 Å². The molecule has 0 aliphatic heterocycles. The Labute approximate surface area is 69.5 Å². The fraction of sp³-hybridized carbons (Fsp3) is 0.250. The summed E-state index contributed by atoms with van der Waals surface area (Å²) in [4.78, 5) is 4.00. The van der Waals surface area contributed by atoms with Gasteiger partial charge in [-0.15, -0.1) is 0 Å². The zero-order valence-corrected chi connectivity index (χ0v) is 6.68. The van der Waals surface area contributed by atoms with E-state index < -0.39 is 6.10 Å². The second-order valence-corrected chi connectivity index (χ2v) is 2.66. The van der Waals surface area contributed by atoms with E-state index in [4.69, 9.17) is 0 Å². The highest BCUT2D eigenvalue weighted by Gasteiger charge is 2.05. The smallest absolute Gasteiger partial charge is 0.155 e. The van der Waals surface area contributed by atoms with Crippen LogP contribution in [0.1, 0.15) is 18.7 Å². The lowest BCUT2D eigenvalue weighted by molar-refractivity contribution is 0.191. The lowest BCUT2D eigenvalue weighted by atomic mass is 10.2. The van der Waals surface area contributed by atoms with E-state index in [2.05, 4.69) is 10.1 Å². The molecule has 0 bridgehead atoms. The van der Waals surface area contributed by atoms with E-state index in [0.29, 0.717) is 0 Å². The molecule has 4 heteroatoms. The number of rotatable bonds is 1. The van der Waals surface area contributed by atoms with Gasteiger partial charge in [-0.05, 0) is 19.1 Å². The van der Waals surface area contributed by atoms with Crippen molar-refractivity contribution in [1.29, 1.82) is 0 Å². The molecule has 1 N–H and O–H groups in total. The number of fused-ring (bicyclic) bond motifs is 1. The molecule has 0 aromatic carbocycles. The van der Waals surface area contributed by atoms with E-state index in [1.165, 1.54) is 6.33 Å². The molecule has 0 radical (unpaired) electrons. The SMILES string of the molecule is CC(O)c1cccc2ncnn12. The van der Waals surface area contributed by atoms with Crippen molar-refractivity contribution in [3.05, 3.63) is 30.2 Å². The van der Waals surface area contributed by atoms with Crippen LogP contribution in [0, 0.1) is 0 Å². The second kappa shape index (κ2) is 2.57. The number of aromatic nitrogens is 3. The molecule has 62 valence electrons. The number of hydrogen-bond acceptors (Lipinski definition) is 3. The van der Waals surface area contributed by atoms with Crippen molar-refractivity contribution in [2.45, 2.75) is 13.0 Å². The van der Waals surface area contributed by atoms with Gasteiger partial charge < -0.3 is 5.11 Å². The van der Waals surface area contributed by atoms with Gasteiger partial charge in [0, 0.05) is 0 Å². The number of pyridine rings is 1. The van der Waals surface area contributed by atoms with Crippen LogP contribution in [0.4, 0.5) is 0 Å². The summed E-state index contributed by atoms with van der Waals surface area (Å²) < 4.78 is 1.63. The van der Waals surface area contributed by atoms with Gasteiger partial charge in [-0.25, -0.2) is 9.50 Å². The average molecular weight is 163 g/mol. The van der Waals surface area contributed by atoms with E-state index in [0.717, 1.165) is 11.3 Å². The fourth-order valence-corrected chi connectivity index (χ4v) is 1.18. The molecule has 2 aromatic heterocycles. The minimum absolute atomic E-state index is 0.518. The normalized spacial score (nSPS) is 13.5. The first-order valence-corrected chi connectivity index (χ1v) is 3.76. The maximum Gasteiger partial charge on any atom is 0.155 e. The lowest BCUT2D eigenvalue weighted by Gasteiger charge is -2.05. The van der Waals surface area contributed by atoms with Crippen molar-refractivity contribution in [2.24, 2.45) is 0 Å². The molecule has 0 spiro atoms. The Morgan fingerprint density at radius 2 is 2.33 bits per heavy atom. The molecular weight excluding hydrogens is 154 g/mol. The van der Waals surface area contributed by atoms with Crippen LogP contribution in [0.15, 0.2) is 24.5 Å². The summed E-state index contributed by atoms with van der Waals surface area (Å²) in [5.41, 5.74) is 1.51. The fourth-order valence-electron chi connectivity index (χ4n) is 1.18. The molecule has 2 aromatic rings. The molecular formula is C8H9N3O. The van der Waals surface area contributed by atoms with Crippen LogP contribution in [0.3, 0.4) is 0 Å². The molecule has 2 rings (SSSR count). The summed E-state index contributed by atoms with van der Waals surface area (Å²) >= 11 is 0. The molecule has 12 heavy (non-hydrogen) atoms. The highest BCUT2D eigenvalue weighted by Crippen LogP contribution is 2.11. The standard InChI is InChI=1S/C8H9N3O/c1-6(12)7-3-2-4-8-9-5-10-11(7)8/h2-6,12H,1H3. The number of hydrogen-bond donors (Lipinski definition) is 1. The predicted octanol–water partition coefficient (Wildman–Crippen LogP) is 0.783. The van der Waals surface area contributed by atoms with E-state index in [1.54, 1.807) is 11.4 Å². The van der Waals surface area contributed by atoms with Crippen LogP contribution in [-0.4, -0.2) is 19.7 Å². The molecule has 2 heterocycles. The van der Waals surface area contributed by atoms with Crippen molar-refractivity contribution in [1.82, 2.24) is 14.6 Å². The second-order valence-electron chi connectivity index (χ2n) is 2.66. The van der Waals surface area contributed by atoms with Gasteiger partial charge in [0.05, 0.1) is 11.8 Å². The highest BCUT2D eigenvalue weighted by molar-refractivity contribution is 5.37. The Morgan fingerprint density at radius 3 is 3.08 bits per heavy atom. The minimum Gasteiger partial charge on any atom is -0.387 e. The van der Waals surface area contributed by atoms with Crippen molar-refractivity contribution in [3.8, 4) is 0 Å². The Morgan fingerprint density at radius 1 is 1.50 bits per heavy atom. The third-order valence-electron chi connectivity index (χ3n) is 1.76. The number of nitrogens with zero attached hydrogens (tertiary/aromatic N) is 3. The zero-order valence-electron chi connectivity index (χ0n) is 6.68. The van der Waals surface area contributed by atoms with E-state index >= 15 is 0 Å². The Bertz CT molecular complexity index is 394. The van der Waals surface area contributed by atoms with Crippen LogP contribution in [0.25, 0.3) is 5.65 Å². The van der Waals surface area contributed by atoms with Crippen LogP contribution < -0.4 is 0 Å². The molecule has 1 unspecified atom stereocenters. The van der Waals surface area contributed by atoms with Crippen LogP contribution in [0.2, 0.25) is 0 Å². The first-order chi connectivity index (χ1) is 5.79. The third-order valence-corrected chi connectivity index (χ3v) is 1.76. The monoisotopic (exact) mass is 163 g/mol. The molecule has 0 saturated carbocycles. The summed E-state index contributed by atoms with van der Waals surface area (Å²) in [6.45, 7) is 1.70. The maximum absolute atomic E-state index is 9.35. The summed E-state index contributed by atoms with van der Waals surface area (Å²) in [7, 11) is 0. The van der Waals surface area contributed by atoms with Crippen molar-refractivity contribution in [3.63, 3.8) is 0 Å². The average Bonchev–Trinajstić information content (AvgIpc) is 2.49. The van der Waals surface area contributed by atoms with Gasteiger partial charge in [0.15, 0.2) is 5.65 Å². The van der Waals surface area contributed by atoms with Crippen LogP contribution in [-0.2, 0) is 0 Å². The molecule has 0 fully saturated rings. The van der Waals surface area contributed by atoms with E-state index in [1.807, 2.05) is 18.2 Å². The van der Waals surface area contributed by atoms with Crippen molar-refractivity contribution < 1.29 is 5.11 Å². The first kappa shape index (κ1) is 7.24. The molecule has 0 aliphatic carbocycles. The quantitative estimate of drug-likeness (QED) is 0.676. The first-order valence-electron chi connectivity index (χ1n) is 3.76. The highest BCUT2D eigenvalue weighted by atomic mass is 16.3. The molecule has 0 aliphatic rings. The van der Waals surface area contributed by atoms with Gasteiger partial charge in [-0.2, -0.15) is 5.10 Å². The van der Waals surface area contributed by atoms with Gasteiger partial charge in [0.2, 0.25) is 0 Å². The third kappa shape index (κ3) is 0.967. The largest absolute Gasteiger partial charge is 0.387 e. The van der Waals surface area contributed by atoms with Gasteiger partial charge in [-0.1, -0.05) is 6.07 Å². The Kier molecular flexibility index (Phi) is 1.55. The summed E-state index contributed by atoms with van der Waals surface area (Å²) in [5, 5.41) is 13.3. The summed E-state index contributed by atoms with van der Waals surface area (Å²) in [5.74, 6) is 0. The van der Waals surface area contributed by atoms with Crippen molar-refractivity contribution >= 4 is 5.65 Å². The molecule has 1 atom stereocenters. The van der Waals surface area contributed by atoms with Crippen LogP contribution >= 0.6 is 0 Å². The molecule has 0 saturated heterocycles. The van der Waals surface area contributed by atoms with E-state index in [9.17, 15) is 5.11 Å². The topological polar surface area (TPSA) is 50.4 Å². The summed E-state index contributed by atoms with van der Waals surface area (Å²) in [6, 6.07) is 5.53. The zero-order chi connectivity index (χ0) is 8.55. The van der Waals surface area contributed by atoms with Gasteiger partial charge in [-0.3, -0.25) is 0 Å². The number of aliphatic hydroxyl groups is 1. The van der Waals surface area contributed by atoms with Crippen LogP contribution in [0.5, 0.6) is 0 Å². The van der Waals surface area contributed by atoms with Gasteiger partial charge >= 0.3 is 0 Å². The Balaban J connectivity index is 2.73. The molecule has 4 nitrogen and oxygen atoms in total. The van der Waals surface area contributed by atoms with E-state index in [-0.39, 0.29) is 0 Å². The maximum atomic E-state index is 9.35. The van der Waals surface area contributed by atoms with Crippen molar-refractivity contribution in [2.75, 3.05) is 0 Å². The predicted molar refractivity (Wildman–Crippen MR) is 43.6 cm³/mol.